The monoisotopic (exact) mass is 239 g/mol. The van der Waals surface area contributed by atoms with E-state index in [0.717, 1.165) is 11.1 Å². The SMILES string of the molecule is Cc1cc(Oc2cc(C#N)ccc2C)ncc1N. The van der Waals surface area contributed by atoms with Gasteiger partial charge in [-0.1, -0.05) is 6.07 Å². The normalized spacial score (nSPS) is 9.83. The molecule has 0 radical (unpaired) electrons. The van der Waals surface area contributed by atoms with Crippen molar-refractivity contribution < 1.29 is 4.74 Å². The number of nitrogens with zero attached hydrogens (tertiary/aromatic N) is 2. The third-order valence-electron chi connectivity index (χ3n) is 2.66. The van der Waals surface area contributed by atoms with Crippen LogP contribution in [0.25, 0.3) is 0 Å². The van der Waals surface area contributed by atoms with Crippen LogP contribution in [0.2, 0.25) is 0 Å². The predicted molar refractivity (Wildman–Crippen MR) is 69.4 cm³/mol. The van der Waals surface area contributed by atoms with Crippen LogP contribution in [0, 0.1) is 25.2 Å². The molecule has 2 rings (SSSR count). The summed E-state index contributed by atoms with van der Waals surface area (Å²) < 4.78 is 5.67. The van der Waals surface area contributed by atoms with Crippen molar-refractivity contribution >= 4 is 5.69 Å². The van der Waals surface area contributed by atoms with Gasteiger partial charge in [0.15, 0.2) is 0 Å². The molecule has 0 saturated heterocycles. The number of hydrogen-bond donors (Lipinski definition) is 1. The zero-order valence-corrected chi connectivity index (χ0v) is 10.3. The Balaban J connectivity index is 2.33. The molecule has 18 heavy (non-hydrogen) atoms. The fourth-order valence-corrected chi connectivity index (χ4v) is 1.49. The van der Waals surface area contributed by atoms with Gasteiger partial charge in [-0.3, -0.25) is 0 Å². The van der Waals surface area contributed by atoms with Crippen LogP contribution in [0.15, 0.2) is 30.5 Å². The van der Waals surface area contributed by atoms with Gasteiger partial charge >= 0.3 is 0 Å². The van der Waals surface area contributed by atoms with Gasteiger partial charge in [-0.15, -0.1) is 0 Å². The lowest BCUT2D eigenvalue weighted by Crippen LogP contribution is -1.95. The van der Waals surface area contributed by atoms with E-state index in [-0.39, 0.29) is 0 Å². The lowest BCUT2D eigenvalue weighted by molar-refractivity contribution is 0.459. The summed E-state index contributed by atoms with van der Waals surface area (Å²) in [4.78, 5) is 4.10. The van der Waals surface area contributed by atoms with Gasteiger partial charge in [-0.2, -0.15) is 5.26 Å². The third-order valence-corrected chi connectivity index (χ3v) is 2.66. The molecule has 0 saturated carbocycles. The second-order valence-electron chi connectivity index (χ2n) is 4.07. The average Bonchev–Trinajstić information content (AvgIpc) is 2.36. The van der Waals surface area contributed by atoms with E-state index in [2.05, 4.69) is 11.1 Å². The number of rotatable bonds is 2. The lowest BCUT2D eigenvalue weighted by Gasteiger charge is -2.09. The zero-order valence-electron chi connectivity index (χ0n) is 10.3. The van der Waals surface area contributed by atoms with Crippen LogP contribution < -0.4 is 10.5 Å². The maximum Gasteiger partial charge on any atom is 0.219 e. The fourth-order valence-electron chi connectivity index (χ4n) is 1.49. The molecule has 2 aromatic rings. The van der Waals surface area contributed by atoms with Crippen molar-refractivity contribution in [3.63, 3.8) is 0 Å². The minimum Gasteiger partial charge on any atom is -0.439 e. The van der Waals surface area contributed by atoms with E-state index in [0.29, 0.717) is 22.9 Å². The molecule has 0 aliphatic heterocycles. The number of nitrogen functional groups attached to an aromatic ring is 1. The van der Waals surface area contributed by atoms with Crippen LogP contribution in [-0.2, 0) is 0 Å². The first kappa shape index (κ1) is 11.9. The van der Waals surface area contributed by atoms with Crippen LogP contribution in [0.4, 0.5) is 5.69 Å². The zero-order chi connectivity index (χ0) is 13.1. The number of nitriles is 1. The predicted octanol–water partition coefficient (Wildman–Crippen LogP) is 2.94. The Morgan fingerprint density at radius 3 is 2.67 bits per heavy atom. The average molecular weight is 239 g/mol. The van der Waals surface area contributed by atoms with Crippen LogP contribution in [0.1, 0.15) is 16.7 Å². The molecule has 0 atom stereocenters. The van der Waals surface area contributed by atoms with E-state index in [4.69, 9.17) is 15.7 Å². The minimum absolute atomic E-state index is 0.472. The summed E-state index contributed by atoms with van der Waals surface area (Å²) in [7, 11) is 0. The van der Waals surface area contributed by atoms with Crippen LogP contribution in [-0.4, -0.2) is 4.98 Å². The summed E-state index contributed by atoms with van der Waals surface area (Å²) in [5, 5.41) is 8.86. The molecule has 4 heteroatoms. The highest BCUT2D eigenvalue weighted by molar-refractivity contribution is 5.47. The summed E-state index contributed by atoms with van der Waals surface area (Å²) in [5.41, 5.74) is 8.74. The highest BCUT2D eigenvalue weighted by Gasteiger charge is 2.05. The first-order chi connectivity index (χ1) is 8.60. The molecule has 0 amide bonds. The number of nitrogens with two attached hydrogens (primary N) is 1. The Bertz CT molecular complexity index is 629. The number of anilines is 1. The van der Waals surface area contributed by atoms with E-state index >= 15 is 0 Å². The van der Waals surface area contributed by atoms with Gasteiger partial charge in [0.25, 0.3) is 0 Å². The highest BCUT2D eigenvalue weighted by Crippen LogP contribution is 2.26. The molecule has 1 aromatic carbocycles. The lowest BCUT2D eigenvalue weighted by atomic mass is 10.1. The molecule has 90 valence electrons. The van der Waals surface area contributed by atoms with E-state index in [1.165, 1.54) is 0 Å². The Hall–Kier alpha value is -2.54. The molecule has 0 unspecified atom stereocenters. The summed E-state index contributed by atoms with van der Waals surface area (Å²) >= 11 is 0. The van der Waals surface area contributed by atoms with Gasteiger partial charge in [0.05, 0.1) is 23.5 Å². The van der Waals surface area contributed by atoms with Crippen molar-refractivity contribution in [3.05, 3.63) is 47.2 Å². The molecule has 4 nitrogen and oxygen atoms in total. The first-order valence-corrected chi connectivity index (χ1v) is 5.51. The van der Waals surface area contributed by atoms with E-state index < -0.39 is 0 Å². The molecular weight excluding hydrogens is 226 g/mol. The Morgan fingerprint density at radius 2 is 2.00 bits per heavy atom. The van der Waals surface area contributed by atoms with Crippen molar-refractivity contribution in [2.24, 2.45) is 0 Å². The van der Waals surface area contributed by atoms with E-state index in [1.54, 1.807) is 24.4 Å². The maximum absolute atomic E-state index is 8.86. The van der Waals surface area contributed by atoms with Gasteiger partial charge < -0.3 is 10.5 Å². The number of aromatic nitrogens is 1. The molecule has 1 aromatic heterocycles. The minimum atomic E-state index is 0.472. The molecule has 0 fully saturated rings. The van der Waals surface area contributed by atoms with Gasteiger partial charge in [0.1, 0.15) is 5.75 Å². The molecule has 0 spiro atoms. The smallest absolute Gasteiger partial charge is 0.219 e. The van der Waals surface area contributed by atoms with Gasteiger partial charge in [0.2, 0.25) is 5.88 Å². The number of benzene rings is 1. The summed E-state index contributed by atoms with van der Waals surface area (Å²) in [6.45, 7) is 3.81. The van der Waals surface area contributed by atoms with Crippen LogP contribution in [0.3, 0.4) is 0 Å². The quantitative estimate of drug-likeness (QED) is 0.874. The summed E-state index contributed by atoms with van der Waals surface area (Å²) in [6.07, 6.45) is 1.56. The fraction of sp³-hybridized carbons (Fsp3) is 0.143. The third kappa shape index (κ3) is 2.41. The largest absolute Gasteiger partial charge is 0.439 e. The van der Waals surface area contributed by atoms with Crippen LogP contribution in [0.5, 0.6) is 11.6 Å². The molecular formula is C14H13N3O. The van der Waals surface area contributed by atoms with Crippen molar-refractivity contribution in [2.45, 2.75) is 13.8 Å². The first-order valence-electron chi connectivity index (χ1n) is 5.51. The molecule has 0 aliphatic rings. The van der Waals surface area contributed by atoms with Gasteiger partial charge in [-0.25, -0.2) is 4.98 Å². The second kappa shape index (κ2) is 4.76. The Morgan fingerprint density at radius 1 is 1.22 bits per heavy atom. The molecule has 0 bridgehead atoms. The Labute approximate surface area is 106 Å². The number of pyridine rings is 1. The Kier molecular flexibility index (Phi) is 3.16. The molecule has 2 N–H and O–H groups in total. The van der Waals surface area contributed by atoms with Crippen molar-refractivity contribution in [3.8, 4) is 17.7 Å². The van der Waals surface area contributed by atoms with Crippen molar-refractivity contribution in [1.29, 1.82) is 5.26 Å². The van der Waals surface area contributed by atoms with Gasteiger partial charge in [-0.05, 0) is 37.1 Å². The number of aryl methyl sites for hydroxylation is 2. The summed E-state index contributed by atoms with van der Waals surface area (Å²) in [6, 6.07) is 9.15. The molecule has 1 heterocycles. The standard InChI is InChI=1S/C14H13N3O/c1-9-3-4-11(7-15)6-13(9)18-14-5-10(2)12(16)8-17-14/h3-6,8H,16H2,1-2H3. The number of hydrogen-bond acceptors (Lipinski definition) is 4. The van der Waals surface area contributed by atoms with Crippen molar-refractivity contribution in [1.82, 2.24) is 4.98 Å². The van der Waals surface area contributed by atoms with Crippen molar-refractivity contribution in [2.75, 3.05) is 5.73 Å². The van der Waals surface area contributed by atoms with Crippen LogP contribution >= 0.6 is 0 Å². The van der Waals surface area contributed by atoms with E-state index in [1.807, 2.05) is 19.9 Å². The summed E-state index contributed by atoms with van der Waals surface area (Å²) in [5.74, 6) is 1.10. The highest BCUT2D eigenvalue weighted by atomic mass is 16.5. The van der Waals surface area contributed by atoms with E-state index in [9.17, 15) is 0 Å². The topological polar surface area (TPSA) is 71.9 Å². The maximum atomic E-state index is 8.86. The number of ether oxygens (including phenoxy) is 1. The second-order valence-corrected chi connectivity index (χ2v) is 4.07. The molecule has 0 aliphatic carbocycles. The van der Waals surface area contributed by atoms with Gasteiger partial charge in [0, 0.05) is 6.07 Å².